The van der Waals surface area contributed by atoms with Crippen LogP contribution in [0, 0.1) is 5.82 Å². The minimum absolute atomic E-state index is 0.0271. The van der Waals surface area contributed by atoms with Crippen molar-refractivity contribution in [1.82, 2.24) is 0 Å². The lowest BCUT2D eigenvalue weighted by Crippen LogP contribution is -2.34. The van der Waals surface area contributed by atoms with E-state index in [0.717, 1.165) is 24.3 Å². The van der Waals surface area contributed by atoms with Crippen LogP contribution in [-0.2, 0) is 11.2 Å². The summed E-state index contributed by atoms with van der Waals surface area (Å²) in [6.07, 6.45) is 0.901. The highest BCUT2D eigenvalue weighted by Gasteiger charge is 2.23. The van der Waals surface area contributed by atoms with E-state index in [1.54, 1.807) is 17.0 Å². The van der Waals surface area contributed by atoms with Crippen LogP contribution in [0.25, 0.3) is 0 Å². The van der Waals surface area contributed by atoms with E-state index in [4.69, 9.17) is 0 Å². The van der Waals surface area contributed by atoms with Crippen LogP contribution in [0.1, 0.15) is 5.56 Å². The number of hydrogen-bond acceptors (Lipinski definition) is 2. The number of hydrogen-bond donors (Lipinski definition) is 1. The van der Waals surface area contributed by atoms with Gasteiger partial charge in [0.05, 0.1) is 6.54 Å². The normalized spacial score (nSPS) is 13.2. The summed E-state index contributed by atoms with van der Waals surface area (Å²) in [6, 6.07) is 14.0. The van der Waals surface area contributed by atoms with E-state index in [0.29, 0.717) is 0 Å². The van der Waals surface area contributed by atoms with Crippen LogP contribution < -0.4 is 10.2 Å². The molecule has 2 aromatic rings. The largest absolute Gasteiger partial charge is 0.376 e. The number of fused-ring (bicyclic) bond motifs is 1. The number of nitrogens with zero attached hydrogens (tertiary/aromatic N) is 1. The Kier molecular flexibility index (Phi) is 3.37. The van der Waals surface area contributed by atoms with Crippen molar-refractivity contribution >= 4 is 17.3 Å². The molecule has 0 radical (unpaired) electrons. The third-order valence-corrected chi connectivity index (χ3v) is 3.48. The fourth-order valence-electron chi connectivity index (χ4n) is 2.44. The molecule has 0 saturated carbocycles. The molecule has 1 heterocycles. The lowest BCUT2D eigenvalue weighted by Gasteiger charge is -2.18. The molecule has 3 rings (SSSR count). The standard InChI is InChI=1S/C16H15FN2O/c17-13-5-7-14(8-6-13)18-11-16(20)19-10-9-12-3-1-2-4-15(12)19/h1-8,18H,9-11H2. The average Bonchev–Trinajstić information content (AvgIpc) is 2.90. The van der Waals surface area contributed by atoms with Crippen LogP contribution in [-0.4, -0.2) is 19.0 Å². The molecular weight excluding hydrogens is 255 g/mol. The zero-order chi connectivity index (χ0) is 13.9. The molecule has 0 bridgehead atoms. The van der Waals surface area contributed by atoms with Crippen LogP contribution in [0.3, 0.4) is 0 Å². The van der Waals surface area contributed by atoms with Gasteiger partial charge < -0.3 is 10.2 Å². The molecule has 20 heavy (non-hydrogen) atoms. The van der Waals surface area contributed by atoms with Gasteiger partial charge in [-0.25, -0.2) is 4.39 Å². The number of rotatable bonds is 3. The van der Waals surface area contributed by atoms with Gasteiger partial charge in [-0.3, -0.25) is 4.79 Å². The second-order valence-electron chi connectivity index (χ2n) is 4.78. The van der Waals surface area contributed by atoms with Crippen molar-refractivity contribution in [3.8, 4) is 0 Å². The second-order valence-corrected chi connectivity index (χ2v) is 4.78. The summed E-state index contributed by atoms with van der Waals surface area (Å²) in [5.41, 5.74) is 2.95. The van der Waals surface area contributed by atoms with Gasteiger partial charge in [0.15, 0.2) is 0 Å². The SMILES string of the molecule is O=C(CNc1ccc(F)cc1)N1CCc2ccccc21. The molecule has 0 aliphatic carbocycles. The maximum atomic E-state index is 12.8. The van der Waals surface area contributed by atoms with Crippen molar-refractivity contribution < 1.29 is 9.18 Å². The van der Waals surface area contributed by atoms with Crippen molar-refractivity contribution in [2.45, 2.75) is 6.42 Å². The third-order valence-electron chi connectivity index (χ3n) is 3.48. The van der Waals surface area contributed by atoms with Crippen LogP contribution in [0.15, 0.2) is 48.5 Å². The van der Waals surface area contributed by atoms with E-state index in [2.05, 4.69) is 11.4 Å². The first-order chi connectivity index (χ1) is 9.74. The van der Waals surface area contributed by atoms with Crippen LogP contribution in [0.2, 0.25) is 0 Å². The van der Waals surface area contributed by atoms with E-state index < -0.39 is 0 Å². The van der Waals surface area contributed by atoms with Gasteiger partial charge in [0.2, 0.25) is 5.91 Å². The van der Waals surface area contributed by atoms with Gasteiger partial charge in [-0.15, -0.1) is 0 Å². The number of halogens is 1. The lowest BCUT2D eigenvalue weighted by atomic mass is 10.2. The lowest BCUT2D eigenvalue weighted by molar-refractivity contribution is -0.116. The molecule has 1 N–H and O–H groups in total. The number of carbonyl (C=O) groups excluding carboxylic acids is 1. The number of para-hydroxylation sites is 1. The number of carbonyl (C=O) groups is 1. The summed E-state index contributed by atoms with van der Waals surface area (Å²) < 4.78 is 12.8. The quantitative estimate of drug-likeness (QED) is 0.930. The maximum Gasteiger partial charge on any atom is 0.246 e. The fraction of sp³-hybridized carbons (Fsp3) is 0.188. The van der Waals surface area contributed by atoms with Crippen LogP contribution >= 0.6 is 0 Å². The van der Waals surface area contributed by atoms with Crippen LogP contribution in [0.5, 0.6) is 0 Å². The third kappa shape index (κ3) is 2.50. The Morgan fingerprint density at radius 1 is 1.15 bits per heavy atom. The fourth-order valence-corrected chi connectivity index (χ4v) is 2.44. The van der Waals surface area contributed by atoms with Crippen molar-refractivity contribution in [2.24, 2.45) is 0 Å². The van der Waals surface area contributed by atoms with E-state index in [1.165, 1.54) is 17.7 Å². The van der Waals surface area contributed by atoms with Crippen molar-refractivity contribution in [3.63, 3.8) is 0 Å². The molecule has 3 nitrogen and oxygen atoms in total. The van der Waals surface area contributed by atoms with Gasteiger partial charge in [0, 0.05) is 17.9 Å². The molecular formula is C16H15FN2O. The Labute approximate surface area is 117 Å². The zero-order valence-electron chi connectivity index (χ0n) is 11.0. The van der Waals surface area contributed by atoms with Gasteiger partial charge in [-0.05, 0) is 42.3 Å². The average molecular weight is 270 g/mol. The Morgan fingerprint density at radius 3 is 2.70 bits per heavy atom. The van der Waals surface area contributed by atoms with Crippen molar-refractivity contribution in [1.29, 1.82) is 0 Å². The van der Waals surface area contributed by atoms with Gasteiger partial charge in [-0.1, -0.05) is 18.2 Å². The summed E-state index contributed by atoms with van der Waals surface area (Å²) in [5, 5.41) is 3.02. The zero-order valence-corrected chi connectivity index (χ0v) is 11.0. The Balaban J connectivity index is 1.65. The molecule has 0 fully saturated rings. The minimum atomic E-state index is -0.282. The highest BCUT2D eigenvalue weighted by Crippen LogP contribution is 2.27. The monoisotopic (exact) mass is 270 g/mol. The number of anilines is 2. The molecule has 0 unspecified atom stereocenters. The first kappa shape index (κ1) is 12.7. The first-order valence-electron chi connectivity index (χ1n) is 6.62. The van der Waals surface area contributed by atoms with Gasteiger partial charge in [0.1, 0.15) is 5.82 Å². The molecule has 1 aliphatic rings. The van der Waals surface area contributed by atoms with Crippen LogP contribution in [0.4, 0.5) is 15.8 Å². The molecule has 1 amide bonds. The minimum Gasteiger partial charge on any atom is -0.376 e. The Bertz CT molecular complexity index is 625. The maximum absolute atomic E-state index is 12.8. The summed E-state index contributed by atoms with van der Waals surface area (Å²) in [7, 11) is 0. The van der Waals surface area contributed by atoms with Gasteiger partial charge >= 0.3 is 0 Å². The molecule has 0 aromatic heterocycles. The molecule has 0 spiro atoms. The molecule has 102 valence electrons. The summed E-state index contributed by atoms with van der Waals surface area (Å²) in [5.74, 6) is -0.255. The summed E-state index contributed by atoms with van der Waals surface area (Å²) in [6.45, 7) is 0.934. The van der Waals surface area contributed by atoms with Gasteiger partial charge in [0.25, 0.3) is 0 Å². The van der Waals surface area contributed by atoms with Crippen molar-refractivity contribution in [2.75, 3.05) is 23.3 Å². The molecule has 4 heteroatoms. The van der Waals surface area contributed by atoms with E-state index in [-0.39, 0.29) is 18.3 Å². The predicted octanol–water partition coefficient (Wildman–Crippen LogP) is 2.83. The van der Waals surface area contributed by atoms with E-state index >= 15 is 0 Å². The Morgan fingerprint density at radius 2 is 1.90 bits per heavy atom. The van der Waals surface area contributed by atoms with E-state index in [9.17, 15) is 9.18 Å². The topological polar surface area (TPSA) is 32.3 Å². The highest BCUT2D eigenvalue weighted by molar-refractivity contribution is 5.97. The highest BCUT2D eigenvalue weighted by atomic mass is 19.1. The van der Waals surface area contributed by atoms with Gasteiger partial charge in [-0.2, -0.15) is 0 Å². The number of nitrogens with one attached hydrogen (secondary N) is 1. The number of benzene rings is 2. The van der Waals surface area contributed by atoms with Crippen molar-refractivity contribution in [3.05, 3.63) is 59.9 Å². The number of amides is 1. The molecule has 0 atom stereocenters. The molecule has 2 aromatic carbocycles. The molecule has 0 saturated heterocycles. The first-order valence-corrected chi connectivity index (χ1v) is 6.62. The van der Waals surface area contributed by atoms with E-state index in [1.807, 2.05) is 18.2 Å². The second kappa shape index (κ2) is 5.33. The summed E-state index contributed by atoms with van der Waals surface area (Å²) >= 11 is 0. The molecule has 1 aliphatic heterocycles. The predicted molar refractivity (Wildman–Crippen MR) is 77.4 cm³/mol. The Hall–Kier alpha value is -2.36. The summed E-state index contributed by atoms with van der Waals surface area (Å²) in [4.78, 5) is 14.0. The smallest absolute Gasteiger partial charge is 0.246 e.